The van der Waals surface area contributed by atoms with Crippen molar-refractivity contribution in [3.63, 3.8) is 0 Å². The Morgan fingerprint density at radius 3 is 2.64 bits per heavy atom. The van der Waals surface area contributed by atoms with E-state index in [1.807, 2.05) is 12.1 Å². The highest BCUT2D eigenvalue weighted by molar-refractivity contribution is 5.89. The fraction of sp³-hybridized carbons (Fsp3) is 0.304. The average molecular weight is 385 g/mol. The molecule has 0 amide bonds. The summed E-state index contributed by atoms with van der Waals surface area (Å²) in [5.41, 5.74) is 2.95. The van der Waals surface area contributed by atoms with E-state index in [9.17, 15) is 18.3 Å². The van der Waals surface area contributed by atoms with Gasteiger partial charge < -0.3 is 9.67 Å². The molecule has 1 aliphatic carbocycles. The summed E-state index contributed by atoms with van der Waals surface area (Å²) in [5, 5.41) is 11.8. The molecule has 1 N–H and O–H groups in total. The van der Waals surface area contributed by atoms with Crippen molar-refractivity contribution in [1.82, 2.24) is 4.57 Å². The predicted octanol–water partition coefficient (Wildman–Crippen LogP) is 5.97. The molecule has 0 saturated carbocycles. The number of fused-ring (bicyclic) bond motifs is 3. The standard InChI is InChI=1S/C23H22F3NO/c1-3-27-20-10-8-14(2)12-17(20)18-13-15(9-11-21(18)27)22(28)16-6-4-5-7-19(16)23(24,25)26/h4-11,13-14,22,28H,3,12H2,1-2H3/t14-,22?/m1/s1. The number of allylic oxidation sites excluding steroid dienone is 1. The lowest BCUT2D eigenvalue weighted by Crippen LogP contribution is -2.12. The monoisotopic (exact) mass is 385 g/mol. The van der Waals surface area contributed by atoms with Gasteiger partial charge in [-0.25, -0.2) is 0 Å². The Morgan fingerprint density at radius 1 is 1.18 bits per heavy atom. The zero-order chi connectivity index (χ0) is 20.1. The number of hydrogen-bond acceptors (Lipinski definition) is 1. The topological polar surface area (TPSA) is 25.2 Å². The maximum atomic E-state index is 13.4. The van der Waals surface area contributed by atoms with Crippen molar-refractivity contribution in [1.29, 1.82) is 0 Å². The van der Waals surface area contributed by atoms with Gasteiger partial charge in [0.25, 0.3) is 0 Å². The highest BCUT2D eigenvalue weighted by Crippen LogP contribution is 2.39. The molecule has 2 nitrogen and oxygen atoms in total. The highest BCUT2D eigenvalue weighted by Gasteiger charge is 2.35. The van der Waals surface area contributed by atoms with Crippen LogP contribution in [0.15, 0.2) is 48.5 Å². The van der Waals surface area contributed by atoms with E-state index in [1.165, 1.54) is 23.8 Å². The first-order chi connectivity index (χ1) is 13.3. The number of alkyl halides is 3. The van der Waals surface area contributed by atoms with E-state index in [1.54, 1.807) is 6.07 Å². The maximum absolute atomic E-state index is 13.4. The van der Waals surface area contributed by atoms with Gasteiger partial charge >= 0.3 is 6.18 Å². The summed E-state index contributed by atoms with van der Waals surface area (Å²) in [4.78, 5) is 0. The van der Waals surface area contributed by atoms with Crippen molar-refractivity contribution in [2.45, 2.75) is 39.1 Å². The highest BCUT2D eigenvalue weighted by atomic mass is 19.4. The van der Waals surface area contributed by atoms with Gasteiger partial charge in [0, 0.05) is 23.1 Å². The van der Waals surface area contributed by atoms with Crippen LogP contribution >= 0.6 is 0 Å². The third-order valence-corrected chi connectivity index (χ3v) is 5.54. The number of benzene rings is 2. The first kappa shape index (κ1) is 18.8. The van der Waals surface area contributed by atoms with Crippen LogP contribution in [-0.2, 0) is 19.1 Å². The molecule has 1 heterocycles. The van der Waals surface area contributed by atoms with Gasteiger partial charge in [0.15, 0.2) is 0 Å². The molecule has 2 aromatic carbocycles. The summed E-state index contributed by atoms with van der Waals surface area (Å²) < 4.78 is 42.3. The van der Waals surface area contributed by atoms with Crippen LogP contribution < -0.4 is 0 Å². The molecule has 5 heteroatoms. The summed E-state index contributed by atoms with van der Waals surface area (Å²) in [6.07, 6.45) is -0.648. The Labute approximate surface area is 161 Å². The molecule has 0 fully saturated rings. The quantitative estimate of drug-likeness (QED) is 0.591. The lowest BCUT2D eigenvalue weighted by molar-refractivity contribution is -0.139. The summed E-state index contributed by atoms with van der Waals surface area (Å²) >= 11 is 0. The largest absolute Gasteiger partial charge is 0.416 e. The number of halogens is 3. The summed E-state index contributed by atoms with van der Waals surface area (Å²) in [5.74, 6) is 0.406. The number of aryl methyl sites for hydroxylation is 1. The molecule has 2 atom stereocenters. The predicted molar refractivity (Wildman–Crippen MR) is 105 cm³/mol. The first-order valence-corrected chi connectivity index (χ1v) is 9.48. The van der Waals surface area contributed by atoms with E-state index in [-0.39, 0.29) is 5.56 Å². The van der Waals surface area contributed by atoms with Crippen molar-refractivity contribution in [2.75, 3.05) is 0 Å². The van der Waals surface area contributed by atoms with Gasteiger partial charge in [-0.1, -0.05) is 37.3 Å². The van der Waals surface area contributed by atoms with E-state index in [0.717, 1.165) is 35.6 Å². The molecular weight excluding hydrogens is 363 g/mol. The minimum atomic E-state index is -4.51. The minimum Gasteiger partial charge on any atom is -0.384 e. The summed E-state index contributed by atoms with van der Waals surface area (Å²) in [6.45, 7) is 5.03. The number of nitrogens with zero attached hydrogens (tertiary/aromatic N) is 1. The second kappa shape index (κ2) is 6.82. The first-order valence-electron chi connectivity index (χ1n) is 9.48. The Hall–Kier alpha value is -2.53. The number of aliphatic hydroxyl groups excluding tert-OH is 1. The van der Waals surface area contributed by atoms with E-state index in [4.69, 9.17) is 0 Å². The van der Waals surface area contributed by atoms with Crippen LogP contribution in [-0.4, -0.2) is 9.67 Å². The summed E-state index contributed by atoms with van der Waals surface area (Å²) in [6, 6.07) is 10.7. The fourth-order valence-corrected chi connectivity index (χ4v) is 4.20. The molecule has 1 aromatic heterocycles. The third kappa shape index (κ3) is 3.04. The van der Waals surface area contributed by atoms with Crippen molar-refractivity contribution in [3.8, 4) is 0 Å². The number of aliphatic hydroxyl groups is 1. The molecule has 0 aliphatic heterocycles. The van der Waals surface area contributed by atoms with Gasteiger partial charge in [0.2, 0.25) is 0 Å². The van der Waals surface area contributed by atoms with Crippen LogP contribution in [0.25, 0.3) is 17.0 Å². The van der Waals surface area contributed by atoms with Crippen molar-refractivity contribution >= 4 is 17.0 Å². The van der Waals surface area contributed by atoms with Crippen LogP contribution in [0.2, 0.25) is 0 Å². The molecule has 0 bridgehead atoms. The summed E-state index contributed by atoms with van der Waals surface area (Å²) in [7, 11) is 0. The Morgan fingerprint density at radius 2 is 1.93 bits per heavy atom. The smallest absolute Gasteiger partial charge is 0.384 e. The van der Waals surface area contributed by atoms with E-state index >= 15 is 0 Å². The molecular formula is C23H22F3NO. The van der Waals surface area contributed by atoms with E-state index in [2.05, 4.69) is 30.6 Å². The zero-order valence-electron chi connectivity index (χ0n) is 15.8. The van der Waals surface area contributed by atoms with Crippen LogP contribution in [0, 0.1) is 5.92 Å². The van der Waals surface area contributed by atoms with E-state index in [0.29, 0.717) is 11.5 Å². The van der Waals surface area contributed by atoms with E-state index < -0.39 is 17.8 Å². The van der Waals surface area contributed by atoms with Gasteiger partial charge in [-0.2, -0.15) is 13.2 Å². The van der Waals surface area contributed by atoms with Gasteiger partial charge in [-0.15, -0.1) is 0 Å². The SMILES string of the molecule is CCn1c2c(c3cc(C(O)c4ccccc4C(F)(F)F)ccc31)C[C@H](C)C=C2. The molecule has 0 spiro atoms. The lowest BCUT2D eigenvalue weighted by Gasteiger charge is -2.18. The lowest BCUT2D eigenvalue weighted by atomic mass is 9.91. The Bertz CT molecular complexity index is 1060. The fourth-order valence-electron chi connectivity index (χ4n) is 4.20. The minimum absolute atomic E-state index is 0.119. The van der Waals surface area contributed by atoms with Gasteiger partial charge in [0.05, 0.1) is 5.56 Å². The zero-order valence-corrected chi connectivity index (χ0v) is 15.8. The second-order valence-corrected chi connectivity index (χ2v) is 7.41. The normalized spacial score (nSPS) is 17.7. The van der Waals surface area contributed by atoms with Crippen molar-refractivity contribution < 1.29 is 18.3 Å². The molecule has 0 radical (unpaired) electrons. The number of aromatic nitrogens is 1. The number of rotatable bonds is 3. The maximum Gasteiger partial charge on any atom is 0.416 e. The van der Waals surface area contributed by atoms with Gasteiger partial charge in [0.1, 0.15) is 6.10 Å². The molecule has 1 unspecified atom stereocenters. The number of hydrogen-bond donors (Lipinski definition) is 1. The Balaban J connectivity index is 1.86. The molecule has 146 valence electrons. The molecule has 0 saturated heterocycles. The average Bonchev–Trinajstić information content (AvgIpc) is 2.99. The van der Waals surface area contributed by atoms with Crippen molar-refractivity contribution in [2.24, 2.45) is 5.92 Å². The molecule has 1 aliphatic rings. The van der Waals surface area contributed by atoms with Crippen LogP contribution in [0.5, 0.6) is 0 Å². The molecule has 28 heavy (non-hydrogen) atoms. The van der Waals surface area contributed by atoms with Crippen LogP contribution in [0.3, 0.4) is 0 Å². The van der Waals surface area contributed by atoms with Crippen molar-refractivity contribution in [3.05, 3.63) is 76.5 Å². The third-order valence-electron chi connectivity index (χ3n) is 5.54. The Kier molecular flexibility index (Phi) is 4.58. The molecule has 4 rings (SSSR count). The van der Waals surface area contributed by atoms with Crippen LogP contribution in [0.4, 0.5) is 13.2 Å². The van der Waals surface area contributed by atoms with Gasteiger partial charge in [-0.3, -0.25) is 0 Å². The molecule has 3 aromatic rings. The second-order valence-electron chi connectivity index (χ2n) is 7.41. The van der Waals surface area contributed by atoms with Gasteiger partial charge in [-0.05, 0) is 60.2 Å². The van der Waals surface area contributed by atoms with Crippen LogP contribution in [0.1, 0.15) is 47.9 Å².